The van der Waals surface area contributed by atoms with E-state index in [1.165, 1.54) is 12.1 Å². The number of nitrogens with one attached hydrogen (secondary N) is 1. The molecule has 5 heteroatoms. The van der Waals surface area contributed by atoms with Crippen molar-refractivity contribution >= 4 is 5.82 Å². The van der Waals surface area contributed by atoms with Crippen molar-refractivity contribution in [2.75, 3.05) is 12.3 Å². The average Bonchev–Trinajstić information content (AvgIpc) is 2.39. The lowest BCUT2D eigenvalue weighted by atomic mass is 9.99. The van der Waals surface area contributed by atoms with E-state index in [9.17, 15) is 8.78 Å². The molecule has 0 radical (unpaired) electrons. The third kappa shape index (κ3) is 3.51. The number of pyridine rings is 1. The lowest BCUT2D eigenvalue weighted by molar-refractivity contribution is 0.529. The van der Waals surface area contributed by atoms with Gasteiger partial charge in [0.2, 0.25) is 0 Å². The number of benzene rings is 1. The van der Waals surface area contributed by atoms with Crippen LogP contribution in [0.25, 0.3) is 0 Å². The van der Waals surface area contributed by atoms with Crippen LogP contribution >= 0.6 is 0 Å². The molecule has 20 heavy (non-hydrogen) atoms. The summed E-state index contributed by atoms with van der Waals surface area (Å²) < 4.78 is 26.7. The maximum atomic E-state index is 13.3. The number of hydrogen-bond acceptors (Lipinski definition) is 3. The molecule has 0 bridgehead atoms. The lowest BCUT2D eigenvalue weighted by Crippen LogP contribution is -2.23. The number of rotatable bonds is 5. The van der Waals surface area contributed by atoms with Gasteiger partial charge in [0.1, 0.15) is 17.5 Å². The molecule has 0 saturated heterocycles. The van der Waals surface area contributed by atoms with Crippen molar-refractivity contribution in [2.45, 2.75) is 19.4 Å². The van der Waals surface area contributed by atoms with E-state index in [1.807, 2.05) is 13.0 Å². The zero-order chi connectivity index (χ0) is 14.5. The van der Waals surface area contributed by atoms with E-state index in [1.54, 1.807) is 12.3 Å². The summed E-state index contributed by atoms with van der Waals surface area (Å²) in [6.07, 6.45) is 2.14. The highest BCUT2D eigenvalue weighted by Crippen LogP contribution is 2.22. The summed E-state index contributed by atoms with van der Waals surface area (Å²) in [6.45, 7) is 2.62. The van der Waals surface area contributed by atoms with Crippen LogP contribution in [0, 0.1) is 11.6 Å². The van der Waals surface area contributed by atoms with Crippen LogP contribution in [0.1, 0.15) is 24.1 Å². The van der Waals surface area contributed by atoms with Gasteiger partial charge in [-0.2, -0.15) is 0 Å². The van der Waals surface area contributed by atoms with Crippen molar-refractivity contribution in [1.29, 1.82) is 0 Å². The third-order valence-electron chi connectivity index (χ3n) is 3.09. The molecule has 3 N–H and O–H groups in total. The molecule has 1 aromatic carbocycles. The van der Waals surface area contributed by atoms with Gasteiger partial charge in [-0.1, -0.05) is 13.0 Å². The van der Waals surface area contributed by atoms with Gasteiger partial charge in [0.05, 0.1) is 0 Å². The predicted molar refractivity (Wildman–Crippen MR) is 75.1 cm³/mol. The minimum atomic E-state index is -0.581. The van der Waals surface area contributed by atoms with Crippen molar-refractivity contribution < 1.29 is 8.78 Å². The van der Waals surface area contributed by atoms with Crippen LogP contribution in [0.5, 0.6) is 0 Å². The second-order valence-corrected chi connectivity index (χ2v) is 4.56. The molecule has 2 rings (SSSR count). The topological polar surface area (TPSA) is 50.9 Å². The predicted octanol–water partition coefficient (Wildman–Crippen LogP) is 2.84. The van der Waals surface area contributed by atoms with Crippen LogP contribution in [-0.4, -0.2) is 11.5 Å². The monoisotopic (exact) mass is 277 g/mol. The number of aromatic nitrogens is 1. The Bertz CT molecular complexity index is 567. The standard InChI is InChI=1S/C15H17F2N3/c1-2-19-14(8-10-4-3-5-20-15(10)18)11-6-12(16)9-13(17)7-11/h3-7,9,14,19H,2,8H2,1H3,(H2,18,20). The van der Waals surface area contributed by atoms with E-state index in [0.717, 1.165) is 11.6 Å². The van der Waals surface area contributed by atoms with E-state index in [0.29, 0.717) is 24.3 Å². The number of hydrogen-bond donors (Lipinski definition) is 2. The largest absolute Gasteiger partial charge is 0.383 e. The van der Waals surface area contributed by atoms with E-state index in [-0.39, 0.29) is 6.04 Å². The molecule has 0 aliphatic carbocycles. The Balaban J connectivity index is 2.29. The number of halogens is 2. The second-order valence-electron chi connectivity index (χ2n) is 4.56. The van der Waals surface area contributed by atoms with Crippen molar-refractivity contribution in [2.24, 2.45) is 0 Å². The molecular weight excluding hydrogens is 260 g/mol. The van der Waals surface area contributed by atoms with Gasteiger partial charge in [0.25, 0.3) is 0 Å². The van der Waals surface area contributed by atoms with E-state index >= 15 is 0 Å². The fourth-order valence-corrected chi connectivity index (χ4v) is 2.17. The molecule has 0 fully saturated rings. The molecule has 1 unspecified atom stereocenters. The van der Waals surface area contributed by atoms with Gasteiger partial charge < -0.3 is 11.1 Å². The molecule has 0 amide bonds. The van der Waals surface area contributed by atoms with Gasteiger partial charge in [0.15, 0.2) is 0 Å². The number of nitrogens with two attached hydrogens (primary N) is 1. The van der Waals surface area contributed by atoms with Gasteiger partial charge in [-0.15, -0.1) is 0 Å². The van der Waals surface area contributed by atoms with Gasteiger partial charge in [0, 0.05) is 18.3 Å². The zero-order valence-corrected chi connectivity index (χ0v) is 11.2. The van der Waals surface area contributed by atoms with Crippen LogP contribution < -0.4 is 11.1 Å². The highest BCUT2D eigenvalue weighted by Gasteiger charge is 2.15. The van der Waals surface area contributed by atoms with E-state index in [2.05, 4.69) is 10.3 Å². The van der Waals surface area contributed by atoms with Crippen LogP contribution in [0.3, 0.4) is 0 Å². The van der Waals surface area contributed by atoms with Crippen LogP contribution in [0.15, 0.2) is 36.5 Å². The highest BCUT2D eigenvalue weighted by molar-refractivity contribution is 5.40. The molecule has 106 valence electrons. The van der Waals surface area contributed by atoms with Gasteiger partial charge >= 0.3 is 0 Å². The minimum absolute atomic E-state index is 0.211. The van der Waals surface area contributed by atoms with E-state index in [4.69, 9.17) is 5.73 Å². The van der Waals surface area contributed by atoms with E-state index < -0.39 is 11.6 Å². The Hall–Kier alpha value is -2.01. The summed E-state index contributed by atoms with van der Waals surface area (Å²) in [6, 6.07) is 6.98. The zero-order valence-electron chi connectivity index (χ0n) is 11.2. The van der Waals surface area contributed by atoms with Gasteiger partial charge in [-0.3, -0.25) is 0 Å². The molecule has 3 nitrogen and oxygen atoms in total. The van der Waals surface area contributed by atoms with Gasteiger partial charge in [-0.25, -0.2) is 13.8 Å². The van der Waals surface area contributed by atoms with Crippen LogP contribution in [0.2, 0.25) is 0 Å². The number of nitrogens with zero attached hydrogens (tertiary/aromatic N) is 1. The number of anilines is 1. The van der Waals surface area contributed by atoms with Crippen molar-refractivity contribution in [3.8, 4) is 0 Å². The molecule has 1 aromatic heterocycles. The quantitative estimate of drug-likeness (QED) is 0.883. The lowest BCUT2D eigenvalue weighted by Gasteiger charge is -2.19. The molecule has 2 aromatic rings. The fourth-order valence-electron chi connectivity index (χ4n) is 2.17. The van der Waals surface area contributed by atoms with Crippen LogP contribution in [0.4, 0.5) is 14.6 Å². The second kappa shape index (κ2) is 6.43. The normalized spacial score (nSPS) is 12.3. The maximum Gasteiger partial charge on any atom is 0.126 e. The summed E-state index contributed by atoms with van der Waals surface area (Å²) in [5, 5.41) is 3.21. The Kier molecular flexibility index (Phi) is 4.63. The van der Waals surface area contributed by atoms with Crippen molar-refractivity contribution in [1.82, 2.24) is 10.3 Å². The first-order valence-electron chi connectivity index (χ1n) is 6.49. The number of nitrogen functional groups attached to an aromatic ring is 1. The Morgan fingerprint density at radius 3 is 2.55 bits per heavy atom. The summed E-state index contributed by atoms with van der Waals surface area (Å²) in [4.78, 5) is 4.02. The highest BCUT2D eigenvalue weighted by atomic mass is 19.1. The SMILES string of the molecule is CCNC(Cc1cccnc1N)c1cc(F)cc(F)c1. The Morgan fingerprint density at radius 2 is 1.95 bits per heavy atom. The first-order valence-corrected chi connectivity index (χ1v) is 6.49. The molecular formula is C15H17F2N3. The average molecular weight is 277 g/mol. The molecule has 0 saturated carbocycles. The molecule has 1 atom stereocenters. The summed E-state index contributed by atoms with van der Waals surface area (Å²) in [7, 11) is 0. The van der Waals surface area contributed by atoms with Gasteiger partial charge in [-0.05, 0) is 42.3 Å². The Morgan fingerprint density at radius 1 is 1.25 bits per heavy atom. The third-order valence-corrected chi connectivity index (χ3v) is 3.09. The maximum absolute atomic E-state index is 13.3. The van der Waals surface area contributed by atoms with Crippen molar-refractivity contribution in [3.63, 3.8) is 0 Å². The summed E-state index contributed by atoms with van der Waals surface area (Å²) in [5.74, 6) is -0.726. The molecule has 0 aliphatic heterocycles. The summed E-state index contributed by atoms with van der Waals surface area (Å²) in [5.41, 5.74) is 7.23. The number of likely N-dealkylation sites (N-methyl/N-ethyl adjacent to an activating group) is 1. The molecule has 1 heterocycles. The van der Waals surface area contributed by atoms with Crippen LogP contribution in [-0.2, 0) is 6.42 Å². The molecule has 0 spiro atoms. The fraction of sp³-hybridized carbons (Fsp3) is 0.267. The first-order chi connectivity index (χ1) is 9.60. The first kappa shape index (κ1) is 14.4. The summed E-state index contributed by atoms with van der Waals surface area (Å²) >= 11 is 0. The molecule has 0 aliphatic rings. The minimum Gasteiger partial charge on any atom is -0.383 e. The smallest absolute Gasteiger partial charge is 0.126 e. The Labute approximate surface area is 116 Å². The van der Waals surface area contributed by atoms with Crippen molar-refractivity contribution in [3.05, 3.63) is 59.3 Å².